The number of nitrogens with one attached hydrogen (secondary N) is 2. The SMILES string of the molecule is COc1cccc(CNC(=O)c2cc(C(=O)NCc3cnccn3)ncn2)c1. The van der Waals surface area contributed by atoms with Gasteiger partial charge in [-0.25, -0.2) is 9.97 Å². The second-order valence-corrected chi connectivity index (χ2v) is 5.70. The molecule has 9 heteroatoms. The molecule has 0 aliphatic heterocycles. The van der Waals surface area contributed by atoms with Crippen molar-refractivity contribution in [3.05, 3.63) is 77.9 Å². The highest BCUT2D eigenvalue weighted by atomic mass is 16.5. The number of ether oxygens (including phenoxy) is 1. The Bertz CT molecular complexity index is 965. The lowest BCUT2D eigenvalue weighted by Gasteiger charge is -2.08. The lowest BCUT2D eigenvalue weighted by molar-refractivity contribution is 0.0944. The first-order valence-corrected chi connectivity index (χ1v) is 8.42. The van der Waals surface area contributed by atoms with Gasteiger partial charge in [0.15, 0.2) is 0 Å². The van der Waals surface area contributed by atoms with Gasteiger partial charge >= 0.3 is 0 Å². The number of rotatable bonds is 7. The lowest BCUT2D eigenvalue weighted by atomic mass is 10.2. The standard InChI is InChI=1S/C19H18N6O3/c1-28-15-4-2-3-13(7-15)9-22-18(26)16-8-17(25-12-24-16)19(27)23-11-14-10-20-5-6-21-14/h2-8,10,12H,9,11H2,1H3,(H,22,26)(H,23,27). The summed E-state index contributed by atoms with van der Waals surface area (Å²) in [6, 6.07) is 8.69. The molecular weight excluding hydrogens is 360 g/mol. The molecule has 2 N–H and O–H groups in total. The first-order chi connectivity index (χ1) is 13.7. The van der Waals surface area contributed by atoms with E-state index >= 15 is 0 Å². The zero-order valence-corrected chi connectivity index (χ0v) is 15.1. The van der Waals surface area contributed by atoms with Crippen molar-refractivity contribution in [2.45, 2.75) is 13.1 Å². The number of aromatic nitrogens is 4. The molecule has 0 spiro atoms. The molecule has 9 nitrogen and oxygen atoms in total. The van der Waals surface area contributed by atoms with Crippen LogP contribution in [0.3, 0.4) is 0 Å². The molecule has 0 saturated carbocycles. The Hall–Kier alpha value is -3.88. The van der Waals surface area contributed by atoms with E-state index in [9.17, 15) is 9.59 Å². The van der Waals surface area contributed by atoms with Crippen LogP contribution in [0.2, 0.25) is 0 Å². The summed E-state index contributed by atoms with van der Waals surface area (Å²) in [4.78, 5) is 40.4. The number of nitrogens with zero attached hydrogens (tertiary/aromatic N) is 4. The summed E-state index contributed by atoms with van der Waals surface area (Å²) in [5, 5.41) is 5.43. The van der Waals surface area contributed by atoms with Crippen LogP contribution >= 0.6 is 0 Å². The van der Waals surface area contributed by atoms with E-state index < -0.39 is 11.8 Å². The number of carbonyl (C=O) groups is 2. The molecule has 2 amide bonds. The average Bonchev–Trinajstić information content (AvgIpc) is 2.76. The van der Waals surface area contributed by atoms with Crippen LogP contribution in [-0.2, 0) is 13.1 Å². The zero-order valence-electron chi connectivity index (χ0n) is 15.1. The van der Waals surface area contributed by atoms with E-state index in [1.807, 2.05) is 24.3 Å². The Morgan fingerprint density at radius 2 is 1.71 bits per heavy atom. The van der Waals surface area contributed by atoms with E-state index in [0.717, 1.165) is 5.56 Å². The van der Waals surface area contributed by atoms with Crippen molar-refractivity contribution in [2.24, 2.45) is 0 Å². The molecule has 3 rings (SSSR count). The van der Waals surface area contributed by atoms with Crippen molar-refractivity contribution in [3.8, 4) is 5.75 Å². The molecule has 0 unspecified atom stereocenters. The van der Waals surface area contributed by atoms with E-state index in [4.69, 9.17) is 4.74 Å². The summed E-state index contributed by atoms with van der Waals surface area (Å²) in [6.45, 7) is 0.502. The number of hydrogen-bond donors (Lipinski definition) is 2. The normalized spacial score (nSPS) is 10.2. The van der Waals surface area contributed by atoms with Gasteiger partial charge in [-0.1, -0.05) is 12.1 Å². The highest BCUT2D eigenvalue weighted by Crippen LogP contribution is 2.12. The summed E-state index contributed by atoms with van der Waals surface area (Å²) < 4.78 is 5.16. The number of amides is 2. The Kier molecular flexibility index (Phi) is 6.19. The maximum absolute atomic E-state index is 12.3. The summed E-state index contributed by atoms with van der Waals surface area (Å²) in [7, 11) is 1.58. The predicted molar refractivity (Wildman–Crippen MR) is 99.4 cm³/mol. The first kappa shape index (κ1) is 18.9. The van der Waals surface area contributed by atoms with E-state index in [-0.39, 0.29) is 17.9 Å². The van der Waals surface area contributed by atoms with E-state index in [1.54, 1.807) is 19.5 Å². The Morgan fingerprint density at radius 1 is 0.964 bits per heavy atom. The molecule has 3 aromatic rings. The van der Waals surface area contributed by atoms with Crippen molar-refractivity contribution < 1.29 is 14.3 Å². The molecule has 142 valence electrons. The van der Waals surface area contributed by atoms with Gasteiger partial charge in [0.2, 0.25) is 0 Å². The van der Waals surface area contributed by atoms with Gasteiger partial charge in [0, 0.05) is 25.0 Å². The monoisotopic (exact) mass is 378 g/mol. The quantitative estimate of drug-likeness (QED) is 0.632. The number of hydrogen-bond acceptors (Lipinski definition) is 7. The second kappa shape index (κ2) is 9.17. The molecule has 0 fully saturated rings. The maximum atomic E-state index is 12.3. The molecule has 0 saturated heterocycles. The highest BCUT2D eigenvalue weighted by molar-refractivity contribution is 5.97. The van der Waals surface area contributed by atoms with Gasteiger partial charge < -0.3 is 15.4 Å². The van der Waals surface area contributed by atoms with Gasteiger partial charge in [-0.2, -0.15) is 0 Å². The number of benzene rings is 1. The molecule has 1 aromatic carbocycles. The molecule has 0 aliphatic rings. The van der Waals surface area contributed by atoms with Crippen molar-refractivity contribution in [2.75, 3.05) is 7.11 Å². The second-order valence-electron chi connectivity index (χ2n) is 5.70. The van der Waals surface area contributed by atoms with Crippen LogP contribution in [0.1, 0.15) is 32.2 Å². The van der Waals surface area contributed by atoms with E-state index in [0.29, 0.717) is 18.0 Å². The first-order valence-electron chi connectivity index (χ1n) is 8.42. The number of methoxy groups -OCH3 is 1. The van der Waals surface area contributed by atoms with E-state index in [2.05, 4.69) is 30.6 Å². The van der Waals surface area contributed by atoms with Gasteiger partial charge in [-0.05, 0) is 17.7 Å². The fourth-order valence-electron chi connectivity index (χ4n) is 2.34. The summed E-state index contributed by atoms with van der Waals surface area (Å²) in [5.74, 6) is -0.140. The summed E-state index contributed by atoms with van der Waals surface area (Å²) >= 11 is 0. The summed E-state index contributed by atoms with van der Waals surface area (Å²) in [5.41, 5.74) is 1.68. The number of carbonyl (C=O) groups excluding carboxylic acids is 2. The molecule has 0 radical (unpaired) electrons. The largest absolute Gasteiger partial charge is 0.497 e. The summed E-state index contributed by atoms with van der Waals surface area (Å²) in [6.07, 6.45) is 5.82. The van der Waals surface area contributed by atoms with Crippen molar-refractivity contribution >= 4 is 11.8 Å². The van der Waals surface area contributed by atoms with E-state index in [1.165, 1.54) is 18.6 Å². The lowest BCUT2D eigenvalue weighted by Crippen LogP contribution is -2.27. The van der Waals surface area contributed by atoms with Gasteiger partial charge in [0.05, 0.1) is 25.5 Å². The smallest absolute Gasteiger partial charge is 0.270 e. The third-order valence-electron chi connectivity index (χ3n) is 3.77. The molecule has 0 aliphatic carbocycles. The van der Waals surface area contributed by atoms with Crippen LogP contribution in [0.4, 0.5) is 0 Å². The molecule has 2 heterocycles. The van der Waals surface area contributed by atoms with Gasteiger partial charge in [-0.3, -0.25) is 19.6 Å². The third kappa shape index (κ3) is 5.07. The topological polar surface area (TPSA) is 119 Å². The highest BCUT2D eigenvalue weighted by Gasteiger charge is 2.13. The van der Waals surface area contributed by atoms with Crippen molar-refractivity contribution in [1.29, 1.82) is 0 Å². The predicted octanol–water partition coefficient (Wildman–Crippen LogP) is 1.14. The molecular formula is C19H18N6O3. The van der Waals surface area contributed by atoms with Crippen LogP contribution < -0.4 is 15.4 Å². The Morgan fingerprint density at radius 3 is 2.39 bits per heavy atom. The van der Waals surface area contributed by atoms with Crippen LogP contribution in [0.5, 0.6) is 5.75 Å². The van der Waals surface area contributed by atoms with Gasteiger partial charge in [0.25, 0.3) is 11.8 Å². The average molecular weight is 378 g/mol. The molecule has 0 atom stereocenters. The van der Waals surface area contributed by atoms with Crippen LogP contribution in [0.25, 0.3) is 0 Å². The van der Waals surface area contributed by atoms with Crippen LogP contribution in [0, 0.1) is 0 Å². The molecule has 2 aromatic heterocycles. The van der Waals surface area contributed by atoms with Crippen molar-refractivity contribution in [3.63, 3.8) is 0 Å². The minimum absolute atomic E-state index is 0.0884. The van der Waals surface area contributed by atoms with Crippen LogP contribution in [-0.4, -0.2) is 38.9 Å². The van der Waals surface area contributed by atoms with Gasteiger partial charge in [0.1, 0.15) is 23.5 Å². The minimum Gasteiger partial charge on any atom is -0.497 e. The molecule has 0 bridgehead atoms. The third-order valence-corrected chi connectivity index (χ3v) is 3.77. The maximum Gasteiger partial charge on any atom is 0.270 e. The fourth-order valence-corrected chi connectivity index (χ4v) is 2.34. The Balaban J connectivity index is 1.60. The van der Waals surface area contributed by atoms with Gasteiger partial charge in [-0.15, -0.1) is 0 Å². The van der Waals surface area contributed by atoms with Crippen molar-refractivity contribution in [1.82, 2.24) is 30.6 Å². The zero-order chi connectivity index (χ0) is 19.8. The minimum atomic E-state index is -0.435. The van der Waals surface area contributed by atoms with Crippen LogP contribution in [0.15, 0.2) is 55.2 Å². The fraction of sp³-hybridized carbons (Fsp3) is 0.158. The molecule has 28 heavy (non-hydrogen) atoms. The Labute approximate surface area is 161 Å².